The third-order valence-electron chi connectivity index (χ3n) is 4.24. The Bertz CT molecular complexity index is 228. The Morgan fingerprint density at radius 1 is 1.06 bits per heavy atom. The maximum Gasteiger partial charge on any atom is 0.0249 e. The van der Waals surface area contributed by atoms with E-state index in [0.29, 0.717) is 12.1 Å². The first-order valence-electron chi connectivity index (χ1n) is 6.87. The van der Waals surface area contributed by atoms with Gasteiger partial charge in [0.05, 0.1) is 0 Å². The average molecular weight is 243 g/mol. The van der Waals surface area contributed by atoms with Crippen molar-refractivity contribution < 1.29 is 4.21 Å². The van der Waals surface area contributed by atoms with Gasteiger partial charge in [-0.2, -0.15) is 0 Å². The summed E-state index contributed by atoms with van der Waals surface area (Å²) in [5, 5.41) is 3.77. The highest BCUT2D eigenvalue weighted by atomic mass is 32.2. The molecule has 3 heteroatoms. The van der Waals surface area contributed by atoms with E-state index < -0.39 is 10.8 Å². The third-order valence-corrected chi connectivity index (χ3v) is 5.63. The highest BCUT2D eigenvalue weighted by molar-refractivity contribution is 7.85. The van der Waals surface area contributed by atoms with E-state index in [2.05, 4.69) is 12.2 Å². The Hall–Kier alpha value is 0.110. The Labute approximate surface area is 102 Å². The monoisotopic (exact) mass is 243 g/mol. The molecule has 0 bridgehead atoms. The Morgan fingerprint density at radius 2 is 1.69 bits per heavy atom. The van der Waals surface area contributed by atoms with Gasteiger partial charge in [0.15, 0.2) is 0 Å². The standard InChI is InChI=1S/C13H25NOS/c1-11(12-5-3-2-4-6-12)14-13-7-9-16(15)10-8-13/h11-14H,2-10H2,1H3. The Kier molecular flexibility index (Phi) is 4.83. The zero-order valence-corrected chi connectivity index (χ0v) is 11.2. The van der Waals surface area contributed by atoms with Gasteiger partial charge >= 0.3 is 0 Å². The van der Waals surface area contributed by atoms with E-state index in [1.54, 1.807) is 0 Å². The minimum absolute atomic E-state index is 0.520. The molecule has 1 unspecified atom stereocenters. The van der Waals surface area contributed by atoms with Gasteiger partial charge in [-0.3, -0.25) is 4.21 Å². The van der Waals surface area contributed by atoms with Crippen molar-refractivity contribution >= 4 is 10.8 Å². The van der Waals surface area contributed by atoms with Crippen LogP contribution < -0.4 is 5.32 Å². The second-order valence-corrected chi connectivity index (χ2v) is 7.17. The topological polar surface area (TPSA) is 29.1 Å². The van der Waals surface area contributed by atoms with E-state index >= 15 is 0 Å². The molecule has 2 fully saturated rings. The Morgan fingerprint density at radius 3 is 2.31 bits per heavy atom. The second kappa shape index (κ2) is 6.15. The third kappa shape index (κ3) is 3.56. The highest BCUT2D eigenvalue weighted by Gasteiger charge is 2.24. The smallest absolute Gasteiger partial charge is 0.0249 e. The van der Waals surface area contributed by atoms with E-state index in [9.17, 15) is 4.21 Å². The second-order valence-electron chi connectivity index (χ2n) is 5.48. The summed E-state index contributed by atoms with van der Waals surface area (Å²) in [4.78, 5) is 0. The zero-order valence-electron chi connectivity index (χ0n) is 10.4. The van der Waals surface area contributed by atoms with Crippen LogP contribution in [0.5, 0.6) is 0 Å². The van der Waals surface area contributed by atoms with Crippen molar-refractivity contribution in [2.75, 3.05) is 11.5 Å². The summed E-state index contributed by atoms with van der Waals surface area (Å²) in [6, 6.07) is 1.30. The molecule has 1 atom stereocenters. The first-order chi connectivity index (χ1) is 7.75. The summed E-state index contributed by atoms with van der Waals surface area (Å²) in [6.07, 6.45) is 9.33. The van der Waals surface area contributed by atoms with E-state index in [4.69, 9.17) is 0 Å². The fourth-order valence-electron chi connectivity index (χ4n) is 3.10. The molecule has 2 rings (SSSR count). The van der Waals surface area contributed by atoms with Gasteiger partial charge in [-0.1, -0.05) is 19.3 Å². The van der Waals surface area contributed by atoms with Crippen LogP contribution in [0.2, 0.25) is 0 Å². The van der Waals surface area contributed by atoms with Crippen molar-refractivity contribution in [3.63, 3.8) is 0 Å². The average Bonchev–Trinajstić information content (AvgIpc) is 2.33. The molecule has 16 heavy (non-hydrogen) atoms. The van der Waals surface area contributed by atoms with Gasteiger partial charge in [0.2, 0.25) is 0 Å². The van der Waals surface area contributed by atoms with Crippen LogP contribution >= 0.6 is 0 Å². The lowest BCUT2D eigenvalue weighted by Gasteiger charge is -2.33. The molecule has 1 saturated carbocycles. The van der Waals surface area contributed by atoms with Gasteiger partial charge in [0, 0.05) is 34.4 Å². The molecule has 1 N–H and O–H groups in total. The van der Waals surface area contributed by atoms with E-state index in [1.807, 2.05) is 0 Å². The zero-order chi connectivity index (χ0) is 11.4. The first-order valence-corrected chi connectivity index (χ1v) is 8.35. The van der Waals surface area contributed by atoms with Crippen LogP contribution in [-0.4, -0.2) is 27.8 Å². The maximum atomic E-state index is 11.3. The van der Waals surface area contributed by atoms with Gasteiger partial charge in [-0.15, -0.1) is 0 Å². The highest BCUT2D eigenvalue weighted by Crippen LogP contribution is 2.27. The number of nitrogens with one attached hydrogen (secondary N) is 1. The molecule has 2 aliphatic rings. The molecule has 1 aliphatic heterocycles. The summed E-state index contributed by atoms with van der Waals surface area (Å²) in [6.45, 7) is 2.35. The fraction of sp³-hybridized carbons (Fsp3) is 1.00. The number of hydrogen-bond donors (Lipinski definition) is 1. The molecule has 1 heterocycles. The molecule has 2 nitrogen and oxygen atoms in total. The summed E-state index contributed by atoms with van der Waals surface area (Å²) in [5.41, 5.74) is 0. The number of hydrogen-bond acceptors (Lipinski definition) is 2. The van der Waals surface area contributed by atoms with Gasteiger partial charge in [-0.25, -0.2) is 0 Å². The lowest BCUT2D eigenvalue weighted by atomic mass is 9.84. The minimum atomic E-state index is -0.520. The molecule has 1 saturated heterocycles. The predicted octanol–water partition coefficient (Wildman–Crippen LogP) is 2.46. The molecule has 0 radical (unpaired) electrons. The summed E-state index contributed by atoms with van der Waals surface area (Å²) >= 11 is 0. The van der Waals surface area contributed by atoms with Gasteiger partial charge < -0.3 is 5.32 Å². The van der Waals surface area contributed by atoms with Crippen LogP contribution in [-0.2, 0) is 10.8 Å². The van der Waals surface area contributed by atoms with Crippen LogP contribution in [0.15, 0.2) is 0 Å². The molecular formula is C13H25NOS. The molecule has 0 aromatic carbocycles. The van der Waals surface area contributed by atoms with Crippen LogP contribution in [0.25, 0.3) is 0 Å². The van der Waals surface area contributed by atoms with Crippen LogP contribution in [0.1, 0.15) is 51.9 Å². The summed E-state index contributed by atoms with van der Waals surface area (Å²) in [7, 11) is -0.520. The van der Waals surface area contributed by atoms with Crippen LogP contribution in [0.4, 0.5) is 0 Å². The lowest BCUT2D eigenvalue weighted by molar-refractivity contribution is 0.259. The van der Waals surface area contributed by atoms with Crippen molar-refractivity contribution in [3.8, 4) is 0 Å². The minimum Gasteiger partial charge on any atom is -0.311 e. The maximum absolute atomic E-state index is 11.3. The van der Waals surface area contributed by atoms with Crippen molar-refractivity contribution in [1.29, 1.82) is 0 Å². The molecule has 0 amide bonds. The first kappa shape index (κ1) is 12.6. The lowest BCUT2D eigenvalue weighted by Crippen LogP contribution is -2.44. The summed E-state index contributed by atoms with van der Waals surface area (Å²) < 4.78 is 11.3. The van der Waals surface area contributed by atoms with Gasteiger partial charge in [-0.05, 0) is 38.5 Å². The fourth-order valence-corrected chi connectivity index (χ4v) is 4.40. The van der Waals surface area contributed by atoms with Crippen molar-refractivity contribution in [3.05, 3.63) is 0 Å². The largest absolute Gasteiger partial charge is 0.311 e. The normalized spacial score (nSPS) is 34.8. The van der Waals surface area contributed by atoms with Crippen molar-refractivity contribution in [2.24, 2.45) is 5.92 Å². The van der Waals surface area contributed by atoms with Crippen molar-refractivity contribution in [2.45, 2.75) is 64.0 Å². The SMILES string of the molecule is CC(NC1CCS(=O)CC1)C1CCCCC1. The van der Waals surface area contributed by atoms with Gasteiger partial charge in [0.1, 0.15) is 0 Å². The van der Waals surface area contributed by atoms with E-state index in [0.717, 1.165) is 30.3 Å². The van der Waals surface area contributed by atoms with Crippen molar-refractivity contribution in [1.82, 2.24) is 5.32 Å². The molecule has 1 aliphatic carbocycles. The summed E-state index contributed by atoms with van der Waals surface area (Å²) in [5.74, 6) is 2.71. The molecule has 0 spiro atoms. The van der Waals surface area contributed by atoms with E-state index in [-0.39, 0.29) is 0 Å². The quantitative estimate of drug-likeness (QED) is 0.825. The van der Waals surface area contributed by atoms with Crippen LogP contribution in [0, 0.1) is 5.92 Å². The predicted molar refractivity (Wildman–Crippen MR) is 70.1 cm³/mol. The molecular weight excluding hydrogens is 218 g/mol. The van der Waals surface area contributed by atoms with Crippen LogP contribution in [0.3, 0.4) is 0 Å². The molecule has 0 aromatic rings. The number of rotatable bonds is 3. The molecule has 94 valence electrons. The Balaban J connectivity index is 1.73. The molecule has 0 aromatic heterocycles. The van der Waals surface area contributed by atoms with E-state index in [1.165, 1.54) is 32.1 Å². The van der Waals surface area contributed by atoms with Gasteiger partial charge in [0.25, 0.3) is 0 Å².